The molecule has 2 fully saturated rings. The highest BCUT2D eigenvalue weighted by atomic mass is 16.2. The second-order valence-electron chi connectivity index (χ2n) is 16.8. The molecule has 2 saturated heterocycles. The van der Waals surface area contributed by atoms with Crippen molar-refractivity contribution in [3.05, 3.63) is 141 Å². The van der Waals surface area contributed by atoms with E-state index in [4.69, 9.17) is 0 Å². The number of rotatable bonds is 12. The molecule has 2 aliphatic rings. The van der Waals surface area contributed by atoms with Crippen molar-refractivity contribution in [2.24, 2.45) is 14.1 Å². The maximum absolute atomic E-state index is 13.6. The van der Waals surface area contributed by atoms with Crippen molar-refractivity contribution in [2.45, 2.75) is 73.1 Å². The first kappa shape index (κ1) is 41.9. The maximum Gasteiger partial charge on any atom is 0.327 e. The number of nitrogens with zero attached hydrogens (tertiary/aromatic N) is 7. The lowest BCUT2D eigenvalue weighted by Crippen LogP contribution is -2.32. The minimum atomic E-state index is -0.390. The smallest absolute Gasteiger partial charge is 0.313 e. The third kappa shape index (κ3) is 8.53. The SMILES string of the molecule is Cc1cc(C)c(-c2cnc(NC(=O)c3cccc(CN4C(=O)CN(Cc5ccc(-c6cnc(NC(=O)c7cccc(CN8CCC[C@@H]8C)c7)n6C)cc5C)C4=O)c3)n2C)cc1C. The molecule has 2 aromatic heterocycles. The first-order valence-corrected chi connectivity index (χ1v) is 21.1. The number of amides is 5. The largest absolute Gasteiger partial charge is 0.327 e. The van der Waals surface area contributed by atoms with E-state index < -0.39 is 6.03 Å². The zero-order valence-electron chi connectivity index (χ0n) is 36.5. The quantitative estimate of drug-likeness (QED) is 0.119. The first-order chi connectivity index (χ1) is 29.7. The summed E-state index contributed by atoms with van der Waals surface area (Å²) in [6.07, 6.45) is 5.90. The van der Waals surface area contributed by atoms with E-state index in [0.717, 1.165) is 57.9 Å². The second kappa shape index (κ2) is 17.3. The molecule has 13 nitrogen and oxygen atoms in total. The van der Waals surface area contributed by atoms with Crippen LogP contribution in [0.25, 0.3) is 22.5 Å². The van der Waals surface area contributed by atoms with Gasteiger partial charge in [-0.25, -0.2) is 14.8 Å². The summed E-state index contributed by atoms with van der Waals surface area (Å²) in [6.45, 7) is 12.6. The lowest BCUT2D eigenvalue weighted by Gasteiger charge is -2.21. The molecule has 6 aromatic rings. The van der Waals surface area contributed by atoms with Gasteiger partial charge in [-0.1, -0.05) is 42.5 Å². The van der Waals surface area contributed by atoms with Crippen LogP contribution in [0.2, 0.25) is 0 Å². The second-order valence-corrected chi connectivity index (χ2v) is 16.8. The minimum Gasteiger partial charge on any atom is -0.313 e. The number of imidazole rings is 2. The number of hydrogen-bond donors (Lipinski definition) is 2. The molecule has 4 aromatic carbocycles. The van der Waals surface area contributed by atoms with Gasteiger partial charge in [0.05, 0.1) is 30.3 Å². The van der Waals surface area contributed by atoms with Gasteiger partial charge in [-0.2, -0.15) is 0 Å². The first-order valence-electron chi connectivity index (χ1n) is 21.1. The number of aromatic nitrogens is 4. The van der Waals surface area contributed by atoms with Gasteiger partial charge in [-0.05, 0) is 129 Å². The van der Waals surface area contributed by atoms with Gasteiger partial charge >= 0.3 is 6.03 Å². The van der Waals surface area contributed by atoms with Gasteiger partial charge in [-0.15, -0.1) is 0 Å². The molecule has 0 bridgehead atoms. The fraction of sp³-hybridized carbons (Fsp3) is 0.306. The number of nitrogens with one attached hydrogen (secondary N) is 2. The van der Waals surface area contributed by atoms with Gasteiger partial charge in [0.2, 0.25) is 11.9 Å². The lowest BCUT2D eigenvalue weighted by molar-refractivity contribution is -0.125. The summed E-state index contributed by atoms with van der Waals surface area (Å²) in [5.41, 5.74) is 11.8. The topological polar surface area (TPSA) is 138 Å². The molecule has 5 amide bonds. The molecule has 0 radical (unpaired) electrons. The monoisotopic (exact) mass is 831 g/mol. The summed E-state index contributed by atoms with van der Waals surface area (Å²) < 4.78 is 3.71. The normalized spacial score (nSPS) is 15.5. The number of hydrogen-bond acceptors (Lipinski definition) is 7. The Morgan fingerprint density at radius 3 is 1.94 bits per heavy atom. The summed E-state index contributed by atoms with van der Waals surface area (Å²) in [5.74, 6) is -0.0319. The zero-order chi connectivity index (χ0) is 43.8. The van der Waals surface area contributed by atoms with E-state index in [-0.39, 0.29) is 37.4 Å². The molecule has 2 aliphatic heterocycles. The number of carbonyl (C=O) groups excluding carboxylic acids is 4. The number of carbonyl (C=O) groups is 4. The van der Waals surface area contributed by atoms with Crippen molar-refractivity contribution in [3.8, 4) is 22.5 Å². The van der Waals surface area contributed by atoms with Gasteiger partial charge in [0.25, 0.3) is 17.7 Å². The van der Waals surface area contributed by atoms with E-state index in [0.29, 0.717) is 34.6 Å². The molecular formula is C49H53N9O4. The lowest BCUT2D eigenvalue weighted by atomic mass is 9.99. The van der Waals surface area contributed by atoms with Crippen molar-refractivity contribution in [3.63, 3.8) is 0 Å². The molecular weight excluding hydrogens is 779 g/mol. The number of urea groups is 1. The Morgan fingerprint density at radius 2 is 1.31 bits per heavy atom. The average molecular weight is 832 g/mol. The summed E-state index contributed by atoms with van der Waals surface area (Å²) >= 11 is 0. The molecule has 0 aliphatic carbocycles. The summed E-state index contributed by atoms with van der Waals surface area (Å²) in [7, 11) is 3.73. The van der Waals surface area contributed by atoms with Gasteiger partial charge in [0.15, 0.2) is 0 Å². The molecule has 4 heterocycles. The Bertz CT molecular complexity index is 2730. The number of aryl methyl sites for hydroxylation is 4. The summed E-state index contributed by atoms with van der Waals surface area (Å²) in [6, 6.07) is 25.1. The van der Waals surface area contributed by atoms with E-state index in [1.54, 1.807) is 36.7 Å². The van der Waals surface area contributed by atoms with Crippen molar-refractivity contribution < 1.29 is 19.2 Å². The molecule has 1 atom stereocenters. The Labute approximate surface area is 362 Å². The van der Waals surface area contributed by atoms with Crippen LogP contribution in [0.4, 0.5) is 16.7 Å². The fourth-order valence-electron chi connectivity index (χ4n) is 8.53. The molecule has 13 heteroatoms. The molecule has 62 heavy (non-hydrogen) atoms. The van der Waals surface area contributed by atoms with Crippen molar-refractivity contribution in [1.82, 2.24) is 33.8 Å². The van der Waals surface area contributed by atoms with Crippen molar-refractivity contribution in [1.29, 1.82) is 0 Å². The highest BCUT2D eigenvalue weighted by Gasteiger charge is 2.36. The van der Waals surface area contributed by atoms with E-state index in [1.165, 1.54) is 33.8 Å². The standard InChI is InChI=1S/C49H53N9O4/c1-30-19-33(4)41(21-31(30)2)43-25-51-48(55(43)7)53-46(61)39-15-9-13-36(23-39)27-58-44(59)29-57(49(58)62)28-40-17-16-37(20-32(40)3)42-24-50-47(54(42)6)52-45(60)38-14-8-12-35(22-38)26-56-18-10-11-34(56)5/h8-9,12-17,19-25,34H,10-11,18,26-29H2,1-7H3,(H,50,52,60)(H,51,53,61)/t34-/m0/s1. The Hall–Kier alpha value is -6.86. The van der Waals surface area contributed by atoms with Crippen molar-refractivity contribution >= 4 is 35.6 Å². The number of anilines is 2. The van der Waals surface area contributed by atoms with Gasteiger partial charge in [-0.3, -0.25) is 34.8 Å². The molecule has 2 N–H and O–H groups in total. The van der Waals surface area contributed by atoms with E-state index in [2.05, 4.69) is 71.4 Å². The van der Waals surface area contributed by atoms with E-state index >= 15 is 0 Å². The Morgan fingerprint density at radius 1 is 0.694 bits per heavy atom. The van der Waals surface area contributed by atoms with Crippen LogP contribution in [0.5, 0.6) is 0 Å². The Kier molecular flexibility index (Phi) is 11.6. The zero-order valence-corrected chi connectivity index (χ0v) is 36.5. The van der Waals surface area contributed by atoms with E-state index in [9.17, 15) is 19.2 Å². The van der Waals surface area contributed by atoms with Crippen LogP contribution in [-0.4, -0.2) is 76.7 Å². The van der Waals surface area contributed by atoms with E-state index in [1.807, 2.05) is 66.6 Å². The Balaban J connectivity index is 0.884. The molecule has 0 unspecified atom stereocenters. The fourth-order valence-corrected chi connectivity index (χ4v) is 8.53. The predicted molar refractivity (Wildman–Crippen MR) is 240 cm³/mol. The van der Waals surface area contributed by atoms with Crippen molar-refractivity contribution in [2.75, 3.05) is 23.7 Å². The van der Waals surface area contributed by atoms with Gasteiger partial charge in [0.1, 0.15) is 6.54 Å². The molecule has 0 saturated carbocycles. The van der Waals surface area contributed by atoms with Crippen LogP contribution >= 0.6 is 0 Å². The van der Waals surface area contributed by atoms with Crippen LogP contribution in [-0.2, 0) is 38.5 Å². The highest BCUT2D eigenvalue weighted by Crippen LogP contribution is 2.30. The maximum atomic E-state index is 13.6. The minimum absolute atomic E-state index is 0.0362. The third-order valence-corrected chi connectivity index (χ3v) is 12.5. The number of imide groups is 1. The van der Waals surface area contributed by atoms with Crippen LogP contribution in [0, 0.1) is 27.7 Å². The third-order valence-electron chi connectivity index (χ3n) is 12.5. The number of benzene rings is 4. The molecule has 8 rings (SSSR count). The highest BCUT2D eigenvalue weighted by molar-refractivity contribution is 6.05. The summed E-state index contributed by atoms with van der Waals surface area (Å²) in [5, 5.41) is 5.90. The number of likely N-dealkylation sites (tertiary alicyclic amines) is 1. The van der Waals surface area contributed by atoms with Gasteiger partial charge < -0.3 is 14.0 Å². The summed E-state index contributed by atoms with van der Waals surface area (Å²) in [4.78, 5) is 67.9. The van der Waals surface area contributed by atoms with Crippen LogP contribution in [0.15, 0.2) is 91.3 Å². The molecule has 0 spiro atoms. The van der Waals surface area contributed by atoms with Crippen LogP contribution in [0.3, 0.4) is 0 Å². The van der Waals surface area contributed by atoms with Gasteiger partial charge in [0, 0.05) is 55.5 Å². The molecule has 318 valence electrons. The average Bonchev–Trinajstić information content (AvgIpc) is 4.00. The van der Waals surface area contributed by atoms with Crippen LogP contribution < -0.4 is 10.6 Å². The van der Waals surface area contributed by atoms with Crippen LogP contribution in [0.1, 0.15) is 79.4 Å². The predicted octanol–water partition coefficient (Wildman–Crippen LogP) is 8.17.